The molecule has 1 heterocycles. The Balaban J connectivity index is 1.59. The van der Waals surface area contributed by atoms with Crippen LogP contribution in [0, 0.1) is 6.92 Å². The van der Waals surface area contributed by atoms with E-state index in [-0.39, 0.29) is 5.91 Å². The molecule has 27 heavy (non-hydrogen) atoms. The van der Waals surface area contributed by atoms with E-state index in [1.54, 1.807) is 0 Å². The molecule has 132 valence electrons. The Bertz CT molecular complexity index is 1120. The van der Waals surface area contributed by atoms with E-state index in [1.807, 2.05) is 91.9 Å². The van der Waals surface area contributed by atoms with E-state index in [4.69, 9.17) is 0 Å². The molecule has 0 radical (unpaired) electrons. The molecule has 0 aliphatic rings. The minimum Gasteiger partial charge on any atom is -0.321 e. The van der Waals surface area contributed by atoms with Gasteiger partial charge in [-0.1, -0.05) is 60.2 Å². The molecule has 0 bridgehead atoms. The van der Waals surface area contributed by atoms with E-state index < -0.39 is 0 Å². The van der Waals surface area contributed by atoms with Crippen molar-refractivity contribution in [3.05, 3.63) is 95.2 Å². The van der Waals surface area contributed by atoms with Crippen LogP contribution in [0.1, 0.15) is 27.2 Å². The summed E-state index contributed by atoms with van der Waals surface area (Å²) in [6.45, 7) is 2.00. The number of rotatable bonds is 4. The van der Waals surface area contributed by atoms with Crippen molar-refractivity contribution in [3.63, 3.8) is 0 Å². The number of hydrogen-bond acceptors (Lipinski definition) is 2. The lowest BCUT2D eigenvalue weighted by Crippen LogP contribution is -2.12. The quantitative estimate of drug-likeness (QED) is 0.523. The Morgan fingerprint density at radius 2 is 1.67 bits per heavy atom. The number of carbonyl (C=O) groups is 1. The van der Waals surface area contributed by atoms with E-state index in [0.29, 0.717) is 5.56 Å². The predicted molar refractivity (Wildman–Crippen MR) is 111 cm³/mol. The lowest BCUT2D eigenvalue weighted by atomic mass is 10.1. The van der Waals surface area contributed by atoms with Gasteiger partial charge in [-0.3, -0.25) is 9.89 Å². The third-order valence-corrected chi connectivity index (χ3v) is 4.44. The second-order valence-corrected chi connectivity index (χ2v) is 6.40. The summed E-state index contributed by atoms with van der Waals surface area (Å²) in [6, 6.07) is 23.2. The first kappa shape index (κ1) is 16.8. The molecule has 0 unspecified atom stereocenters. The fourth-order valence-corrected chi connectivity index (χ4v) is 2.94. The van der Waals surface area contributed by atoms with Crippen LogP contribution in [-0.4, -0.2) is 16.1 Å². The molecular weight excluding hydrogens is 334 g/mol. The van der Waals surface area contributed by atoms with Crippen LogP contribution in [0.3, 0.4) is 0 Å². The zero-order valence-corrected chi connectivity index (χ0v) is 14.9. The van der Waals surface area contributed by atoms with Gasteiger partial charge in [-0.05, 0) is 42.8 Å². The van der Waals surface area contributed by atoms with Gasteiger partial charge in [0.15, 0.2) is 0 Å². The number of H-pyrrole nitrogens is 1. The third kappa shape index (κ3) is 3.65. The highest BCUT2D eigenvalue weighted by Gasteiger charge is 2.08. The molecule has 4 nitrogen and oxygen atoms in total. The highest BCUT2D eigenvalue weighted by Crippen LogP contribution is 2.21. The number of fused-ring (bicyclic) bond motifs is 1. The maximum Gasteiger partial charge on any atom is 0.255 e. The summed E-state index contributed by atoms with van der Waals surface area (Å²) in [7, 11) is 0. The van der Waals surface area contributed by atoms with Crippen molar-refractivity contribution < 1.29 is 4.79 Å². The summed E-state index contributed by atoms with van der Waals surface area (Å²) in [5, 5.41) is 11.4. The Kier molecular flexibility index (Phi) is 4.54. The molecule has 0 fully saturated rings. The van der Waals surface area contributed by atoms with Gasteiger partial charge in [0.05, 0.1) is 11.2 Å². The van der Waals surface area contributed by atoms with E-state index in [9.17, 15) is 4.79 Å². The molecule has 0 saturated carbocycles. The van der Waals surface area contributed by atoms with Crippen molar-refractivity contribution in [1.82, 2.24) is 10.2 Å². The standard InChI is InChI=1S/C23H19N3O/c1-16-10-12-18(13-11-16)23(27)24-20-8-4-2-6-17(20)14-15-22-19-7-3-5-9-21(19)25-26-22/h2-15H,1H3,(H,24,27)(H,25,26). The van der Waals surface area contributed by atoms with Crippen LogP contribution in [0.4, 0.5) is 5.69 Å². The van der Waals surface area contributed by atoms with Crippen molar-refractivity contribution in [3.8, 4) is 0 Å². The van der Waals surface area contributed by atoms with Gasteiger partial charge in [0.1, 0.15) is 0 Å². The van der Waals surface area contributed by atoms with Gasteiger partial charge in [-0.25, -0.2) is 0 Å². The van der Waals surface area contributed by atoms with Crippen LogP contribution in [0.25, 0.3) is 23.1 Å². The number of aromatic amines is 1. The number of amides is 1. The molecule has 0 saturated heterocycles. The summed E-state index contributed by atoms with van der Waals surface area (Å²) in [6.07, 6.45) is 3.92. The van der Waals surface area contributed by atoms with Crippen LogP contribution in [-0.2, 0) is 0 Å². The number of aryl methyl sites for hydroxylation is 1. The van der Waals surface area contributed by atoms with E-state index >= 15 is 0 Å². The van der Waals surface area contributed by atoms with Gasteiger partial charge in [0.25, 0.3) is 5.91 Å². The lowest BCUT2D eigenvalue weighted by Gasteiger charge is -2.08. The molecule has 0 aliphatic heterocycles. The molecule has 3 aromatic carbocycles. The maximum atomic E-state index is 12.5. The van der Waals surface area contributed by atoms with Crippen molar-refractivity contribution in [1.29, 1.82) is 0 Å². The number of aromatic nitrogens is 2. The molecule has 4 rings (SSSR count). The van der Waals surface area contributed by atoms with Crippen LogP contribution in [0.2, 0.25) is 0 Å². The van der Waals surface area contributed by atoms with E-state index in [1.165, 1.54) is 0 Å². The Labute approximate surface area is 157 Å². The maximum absolute atomic E-state index is 12.5. The largest absolute Gasteiger partial charge is 0.321 e. The van der Waals surface area contributed by atoms with E-state index in [0.717, 1.165) is 33.4 Å². The first-order valence-corrected chi connectivity index (χ1v) is 8.79. The first-order valence-electron chi connectivity index (χ1n) is 8.79. The number of benzene rings is 3. The van der Waals surface area contributed by atoms with Crippen LogP contribution in [0.15, 0.2) is 72.8 Å². The Morgan fingerprint density at radius 3 is 2.52 bits per heavy atom. The minimum atomic E-state index is -0.124. The van der Waals surface area contributed by atoms with Gasteiger partial charge < -0.3 is 5.32 Å². The zero-order valence-electron chi connectivity index (χ0n) is 14.9. The number of nitrogens with one attached hydrogen (secondary N) is 2. The zero-order chi connectivity index (χ0) is 18.6. The van der Waals surface area contributed by atoms with Gasteiger partial charge in [0, 0.05) is 16.6 Å². The summed E-state index contributed by atoms with van der Waals surface area (Å²) in [5.74, 6) is -0.124. The molecule has 1 amide bonds. The van der Waals surface area contributed by atoms with Gasteiger partial charge >= 0.3 is 0 Å². The molecule has 2 N–H and O–H groups in total. The number of nitrogens with zero attached hydrogens (tertiary/aromatic N) is 1. The predicted octanol–water partition coefficient (Wildman–Crippen LogP) is 5.29. The molecular formula is C23H19N3O. The van der Waals surface area contributed by atoms with Crippen LogP contribution >= 0.6 is 0 Å². The topological polar surface area (TPSA) is 57.8 Å². The average Bonchev–Trinajstić information content (AvgIpc) is 3.11. The minimum absolute atomic E-state index is 0.124. The van der Waals surface area contributed by atoms with Crippen molar-refractivity contribution in [2.75, 3.05) is 5.32 Å². The van der Waals surface area contributed by atoms with Gasteiger partial charge in [0.2, 0.25) is 0 Å². The summed E-state index contributed by atoms with van der Waals surface area (Å²) >= 11 is 0. The van der Waals surface area contributed by atoms with Gasteiger partial charge in [-0.2, -0.15) is 5.10 Å². The van der Waals surface area contributed by atoms with Crippen molar-refractivity contribution >= 4 is 34.6 Å². The first-order chi connectivity index (χ1) is 13.2. The van der Waals surface area contributed by atoms with Crippen molar-refractivity contribution in [2.45, 2.75) is 6.92 Å². The average molecular weight is 353 g/mol. The van der Waals surface area contributed by atoms with Crippen molar-refractivity contribution in [2.24, 2.45) is 0 Å². The normalized spacial score (nSPS) is 11.1. The molecule has 4 aromatic rings. The van der Waals surface area contributed by atoms with Gasteiger partial charge in [-0.15, -0.1) is 0 Å². The fraction of sp³-hybridized carbons (Fsp3) is 0.0435. The summed E-state index contributed by atoms with van der Waals surface area (Å²) in [4.78, 5) is 12.5. The second-order valence-electron chi connectivity index (χ2n) is 6.40. The number of para-hydroxylation sites is 2. The highest BCUT2D eigenvalue weighted by molar-refractivity contribution is 6.05. The van der Waals surface area contributed by atoms with Crippen LogP contribution in [0.5, 0.6) is 0 Å². The molecule has 4 heteroatoms. The highest BCUT2D eigenvalue weighted by atomic mass is 16.1. The monoisotopic (exact) mass is 353 g/mol. The smallest absolute Gasteiger partial charge is 0.255 e. The SMILES string of the molecule is Cc1ccc(C(=O)Nc2ccccc2C=Cc2n[nH]c3ccccc23)cc1. The second kappa shape index (κ2) is 7.30. The molecule has 0 atom stereocenters. The third-order valence-electron chi connectivity index (χ3n) is 4.44. The molecule has 0 spiro atoms. The van der Waals surface area contributed by atoms with E-state index in [2.05, 4.69) is 15.5 Å². The number of anilines is 1. The number of hydrogen-bond donors (Lipinski definition) is 2. The lowest BCUT2D eigenvalue weighted by molar-refractivity contribution is 0.102. The fourth-order valence-electron chi connectivity index (χ4n) is 2.94. The molecule has 0 aliphatic carbocycles. The number of carbonyl (C=O) groups excluding carboxylic acids is 1. The molecule has 1 aromatic heterocycles. The Morgan fingerprint density at radius 1 is 0.926 bits per heavy atom. The van der Waals surface area contributed by atoms with Crippen LogP contribution < -0.4 is 5.32 Å². The Hall–Kier alpha value is -3.66. The summed E-state index contributed by atoms with van der Waals surface area (Å²) < 4.78 is 0. The summed E-state index contributed by atoms with van der Waals surface area (Å²) in [5.41, 5.74) is 5.31.